The summed E-state index contributed by atoms with van der Waals surface area (Å²) in [6.07, 6.45) is 3.88. The predicted molar refractivity (Wildman–Crippen MR) is 235 cm³/mol. The van der Waals surface area contributed by atoms with Crippen LogP contribution in [-0.2, 0) is 5.41 Å². The Labute approximate surface area is 333 Å². The van der Waals surface area contributed by atoms with Crippen LogP contribution in [0.4, 0.5) is 0 Å². The molecule has 0 amide bonds. The van der Waals surface area contributed by atoms with Crippen LogP contribution in [0.2, 0.25) is 0 Å². The normalized spacial score (nSPS) is 13.1. The molecular weight excluding hydrogens is 713 g/mol. The summed E-state index contributed by atoms with van der Waals surface area (Å²) in [5, 5.41) is 7.93. The van der Waals surface area contributed by atoms with Crippen molar-refractivity contribution >= 4 is 54.0 Å². The number of rotatable bonds is 5. The smallest absolute Gasteiger partial charge is 0.235 e. The number of nitrogens with zero attached hydrogens (tertiary/aromatic N) is 4. The molecule has 5 heteroatoms. The second-order valence-electron chi connectivity index (χ2n) is 14.8. The number of hydrogen-bond acceptors (Lipinski definition) is 4. The van der Waals surface area contributed by atoms with Gasteiger partial charge in [0.05, 0.1) is 27.8 Å². The standard InChI is InChI=1S/C52H32N4S/c1-5-13-33(14-6-1)35-21-22-40-44(31-35)54-51(55-49(40)34-15-7-2-8-16-34)56-45-23-24-46-41(26-28-57-46)47(45)48-50(56)42-29-36-25-27-53-32-37(36)30-43(42)52(48,38-17-9-3-10-18-38)39-19-11-4-12-20-39/h1-32H. The molecule has 4 nitrogen and oxygen atoms in total. The van der Waals surface area contributed by atoms with Gasteiger partial charge in [0.15, 0.2) is 0 Å². The van der Waals surface area contributed by atoms with Crippen LogP contribution in [0.15, 0.2) is 194 Å². The van der Waals surface area contributed by atoms with Gasteiger partial charge in [-0.25, -0.2) is 9.97 Å². The lowest BCUT2D eigenvalue weighted by molar-refractivity contribution is 0.776. The SMILES string of the molecule is c1ccc(-c2ccc3c(-c4ccccc4)nc(-n4c5c(c6c7ccsc7ccc64)C(c4ccccc4)(c4ccccc4)c4cc6cnccc6cc4-5)nc3c2)cc1. The van der Waals surface area contributed by atoms with Gasteiger partial charge in [-0.15, -0.1) is 11.3 Å². The van der Waals surface area contributed by atoms with Crippen LogP contribution >= 0.6 is 11.3 Å². The fraction of sp³-hybridized carbons (Fsp3) is 0.0192. The van der Waals surface area contributed by atoms with Crippen LogP contribution in [0.3, 0.4) is 0 Å². The zero-order chi connectivity index (χ0) is 37.5. The number of fused-ring (bicyclic) bond motifs is 9. The minimum atomic E-state index is -0.656. The van der Waals surface area contributed by atoms with Crippen molar-refractivity contribution < 1.29 is 0 Å². The van der Waals surface area contributed by atoms with Gasteiger partial charge in [-0.2, -0.15) is 0 Å². The van der Waals surface area contributed by atoms with E-state index in [9.17, 15) is 0 Å². The lowest BCUT2D eigenvalue weighted by Gasteiger charge is -2.34. The summed E-state index contributed by atoms with van der Waals surface area (Å²) >= 11 is 1.78. The molecule has 0 unspecified atom stereocenters. The molecule has 12 rings (SSSR count). The first-order valence-electron chi connectivity index (χ1n) is 19.3. The molecule has 0 aliphatic heterocycles. The molecular formula is C52H32N4S. The van der Waals surface area contributed by atoms with Gasteiger partial charge in [0.25, 0.3) is 0 Å². The topological polar surface area (TPSA) is 43.6 Å². The zero-order valence-corrected chi connectivity index (χ0v) is 31.5. The van der Waals surface area contributed by atoms with Gasteiger partial charge in [-0.1, -0.05) is 127 Å². The van der Waals surface area contributed by atoms with Gasteiger partial charge in [-0.3, -0.25) is 9.55 Å². The fourth-order valence-corrected chi connectivity index (χ4v) is 10.2. The van der Waals surface area contributed by atoms with E-state index in [0.29, 0.717) is 5.95 Å². The largest absolute Gasteiger partial charge is 0.278 e. The molecule has 266 valence electrons. The summed E-state index contributed by atoms with van der Waals surface area (Å²) in [6.45, 7) is 0. The van der Waals surface area contributed by atoms with E-state index in [-0.39, 0.29) is 0 Å². The van der Waals surface area contributed by atoms with E-state index in [1.165, 1.54) is 43.3 Å². The van der Waals surface area contributed by atoms with Crippen LogP contribution in [0.5, 0.6) is 0 Å². The van der Waals surface area contributed by atoms with Crippen molar-refractivity contribution in [2.75, 3.05) is 0 Å². The lowest BCUT2D eigenvalue weighted by Crippen LogP contribution is -2.28. The maximum Gasteiger partial charge on any atom is 0.235 e. The summed E-state index contributed by atoms with van der Waals surface area (Å²) in [5.41, 5.74) is 12.7. The third-order valence-electron chi connectivity index (χ3n) is 11.8. The van der Waals surface area contributed by atoms with Crippen molar-refractivity contribution in [1.82, 2.24) is 19.5 Å². The average Bonchev–Trinajstić information content (AvgIpc) is 3.98. The number of hydrogen-bond donors (Lipinski definition) is 0. The summed E-state index contributed by atoms with van der Waals surface area (Å²) in [6, 6.07) is 63.4. The fourth-order valence-electron chi connectivity index (χ4n) is 9.42. The Kier molecular flexibility index (Phi) is 6.98. The van der Waals surface area contributed by atoms with Gasteiger partial charge in [0.2, 0.25) is 5.95 Å². The van der Waals surface area contributed by atoms with E-state index in [1.54, 1.807) is 11.3 Å². The molecule has 0 bridgehead atoms. The third kappa shape index (κ3) is 4.64. The zero-order valence-electron chi connectivity index (χ0n) is 30.7. The van der Waals surface area contributed by atoms with Gasteiger partial charge in [0, 0.05) is 55.3 Å². The third-order valence-corrected chi connectivity index (χ3v) is 12.7. The van der Waals surface area contributed by atoms with Crippen LogP contribution in [0.1, 0.15) is 22.3 Å². The predicted octanol–water partition coefficient (Wildman–Crippen LogP) is 13.0. The summed E-state index contributed by atoms with van der Waals surface area (Å²) in [4.78, 5) is 15.7. The highest BCUT2D eigenvalue weighted by Crippen LogP contribution is 2.61. The van der Waals surface area contributed by atoms with Crippen LogP contribution in [0.25, 0.3) is 82.3 Å². The van der Waals surface area contributed by atoms with Crippen LogP contribution in [-0.4, -0.2) is 19.5 Å². The molecule has 1 aliphatic carbocycles. The van der Waals surface area contributed by atoms with Crippen molar-refractivity contribution in [3.8, 4) is 39.6 Å². The number of benzene rings is 7. The molecule has 0 saturated heterocycles. The highest BCUT2D eigenvalue weighted by molar-refractivity contribution is 7.17. The van der Waals surface area contributed by atoms with Crippen LogP contribution in [0, 0.1) is 0 Å². The van der Waals surface area contributed by atoms with Crippen molar-refractivity contribution in [3.63, 3.8) is 0 Å². The molecule has 4 aromatic heterocycles. The Bertz CT molecular complexity index is 3290. The average molecular weight is 745 g/mol. The molecule has 7 aromatic carbocycles. The van der Waals surface area contributed by atoms with E-state index in [4.69, 9.17) is 9.97 Å². The molecule has 0 atom stereocenters. The summed E-state index contributed by atoms with van der Waals surface area (Å²) in [5.74, 6) is 0.644. The maximum atomic E-state index is 5.58. The first kappa shape index (κ1) is 32.1. The molecule has 0 N–H and O–H groups in total. The van der Waals surface area contributed by atoms with Gasteiger partial charge in [-0.05, 0) is 87.1 Å². The van der Waals surface area contributed by atoms with E-state index < -0.39 is 5.41 Å². The molecule has 0 saturated carbocycles. The Morgan fingerprint density at radius 1 is 0.544 bits per heavy atom. The highest BCUT2D eigenvalue weighted by Gasteiger charge is 2.50. The summed E-state index contributed by atoms with van der Waals surface area (Å²) in [7, 11) is 0. The Balaban J connectivity index is 1.29. The molecule has 11 aromatic rings. The number of thiophene rings is 1. The van der Waals surface area contributed by atoms with Crippen molar-refractivity contribution in [2.45, 2.75) is 5.41 Å². The van der Waals surface area contributed by atoms with Crippen LogP contribution < -0.4 is 0 Å². The molecule has 0 fully saturated rings. The molecule has 0 spiro atoms. The monoisotopic (exact) mass is 744 g/mol. The Hall–Kier alpha value is -7.21. The van der Waals surface area contributed by atoms with E-state index in [1.807, 2.05) is 12.4 Å². The number of aromatic nitrogens is 4. The Morgan fingerprint density at radius 3 is 1.98 bits per heavy atom. The van der Waals surface area contributed by atoms with Gasteiger partial charge < -0.3 is 0 Å². The van der Waals surface area contributed by atoms with E-state index in [2.05, 4.69) is 191 Å². The first-order chi connectivity index (χ1) is 28.3. The minimum Gasteiger partial charge on any atom is -0.278 e. The highest BCUT2D eigenvalue weighted by atomic mass is 32.1. The molecule has 1 aliphatic rings. The minimum absolute atomic E-state index is 0.644. The van der Waals surface area contributed by atoms with E-state index >= 15 is 0 Å². The van der Waals surface area contributed by atoms with Gasteiger partial charge in [0.1, 0.15) is 0 Å². The van der Waals surface area contributed by atoms with Crippen molar-refractivity contribution in [2.24, 2.45) is 0 Å². The molecule has 57 heavy (non-hydrogen) atoms. The van der Waals surface area contributed by atoms with E-state index in [0.717, 1.165) is 55.3 Å². The van der Waals surface area contributed by atoms with Crippen molar-refractivity contribution in [1.29, 1.82) is 0 Å². The quantitative estimate of drug-likeness (QED) is 0.176. The van der Waals surface area contributed by atoms with Gasteiger partial charge >= 0.3 is 0 Å². The Morgan fingerprint density at radius 2 is 1.25 bits per heavy atom. The lowest BCUT2D eigenvalue weighted by atomic mass is 9.67. The number of pyridine rings is 1. The maximum absolute atomic E-state index is 5.58. The summed E-state index contributed by atoms with van der Waals surface area (Å²) < 4.78 is 3.61. The molecule has 4 heterocycles. The second kappa shape index (κ2) is 12.4. The van der Waals surface area contributed by atoms with Crippen molar-refractivity contribution in [3.05, 3.63) is 216 Å². The second-order valence-corrected chi connectivity index (χ2v) is 15.7. The first-order valence-corrected chi connectivity index (χ1v) is 20.1. The molecule has 0 radical (unpaired) electrons.